The van der Waals surface area contributed by atoms with Gasteiger partial charge in [-0.1, -0.05) is 278 Å². The Hall–Kier alpha value is -9.60. The summed E-state index contributed by atoms with van der Waals surface area (Å²) in [5.41, 5.74) is 35.2. The first-order valence-electron chi connectivity index (χ1n) is 33.9. The van der Waals surface area contributed by atoms with E-state index in [1.54, 1.807) is 0 Å². The first-order valence-corrected chi connectivity index (χ1v) is 39.9. The van der Waals surface area contributed by atoms with Gasteiger partial charge < -0.3 is 19.4 Å². The largest absolute Gasteiger partial charge is 0.377 e. The highest BCUT2D eigenvalue weighted by Gasteiger charge is 2.53. The molecule has 4 nitrogen and oxygen atoms in total. The second kappa shape index (κ2) is 20.2. The lowest BCUT2D eigenvalue weighted by atomic mass is 9.45. The average molecular weight is 1240 g/mol. The van der Waals surface area contributed by atoms with Crippen LogP contribution in [0.5, 0.6) is 0 Å². The molecule has 0 N–H and O–H groups in total. The normalized spacial score (nSPS) is 16.3. The number of benzene rings is 12. The SMILES string of the molecule is Cc1cc(C)c2c(c1)[Si](C)(C)c1cc(Cc3cc(-c4ccccc4)c4c(c3)[Si](C)(C)c3cccc(-c5ccccc5)c3N4B3c4ccccc4N4c5ccccc5C(C)(C)c5cccc3c54)cc(C)c1N2B1c2ccccc2N2c3ccccc3C(C)(C)c3cccc1c32. The molecule has 0 bridgehead atoms. The number of anilines is 10. The zero-order valence-electron chi connectivity index (χ0n) is 55.8. The molecule has 0 radical (unpaired) electrons. The molecule has 6 heterocycles. The molecule has 6 aliphatic rings. The van der Waals surface area contributed by atoms with Crippen molar-refractivity contribution in [3.8, 4) is 22.3 Å². The summed E-state index contributed by atoms with van der Waals surface area (Å²) >= 11 is 0. The summed E-state index contributed by atoms with van der Waals surface area (Å²) < 4.78 is 0. The van der Waals surface area contributed by atoms with Crippen molar-refractivity contribution < 1.29 is 0 Å². The minimum absolute atomic E-state index is 0.0746. The molecule has 0 spiro atoms. The van der Waals surface area contributed by atoms with Crippen molar-refractivity contribution in [3.63, 3.8) is 0 Å². The van der Waals surface area contributed by atoms with E-state index in [-0.39, 0.29) is 24.5 Å². The first-order chi connectivity index (χ1) is 45.4. The highest BCUT2D eigenvalue weighted by atomic mass is 28.3. The summed E-state index contributed by atoms with van der Waals surface area (Å²) in [5, 5.41) is 5.98. The zero-order chi connectivity index (χ0) is 64.1. The molecular formula is C86H76B2N4Si2. The lowest BCUT2D eigenvalue weighted by Crippen LogP contribution is -2.67. The van der Waals surface area contributed by atoms with Gasteiger partial charge in [0.25, 0.3) is 0 Å². The molecule has 0 aliphatic carbocycles. The number of hydrogen-bond donors (Lipinski definition) is 0. The van der Waals surface area contributed by atoms with Gasteiger partial charge in [-0.05, 0) is 156 Å². The smallest absolute Gasteiger partial charge is 0.332 e. The third-order valence-electron chi connectivity index (χ3n) is 22.9. The van der Waals surface area contributed by atoms with Crippen LogP contribution in [0.4, 0.5) is 56.9 Å². The van der Waals surface area contributed by atoms with Crippen molar-refractivity contribution in [1.29, 1.82) is 0 Å². The van der Waals surface area contributed by atoms with Crippen LogP contribution in [-0.4, -0.2) is 29.8 Å². The first kappa shape index (κ1) is 57.1. The summed E-state index contributed by atoms with van der Waals surface area (Å²) in [6.45, 7) is 27.1. The molecule has 12 aromatic rings. The minimum atomic E-state index is -2.57. The molecule has 0 unspecified atom stereocenters. The van der Waals surface area contributed by atoms with Crippen molar-refractivity contribution in [2.24, 2.45) is 0 Å². The van der Waals surface area contributed by atoms with Crippen LogP contribution in [0.1, 0.15) is 77.8 Å². The van der Waals surface area contributed by atoms with Crippen molar-refractivity contribution in [2.75, 3.05) is 19.4 Å². The van der Waals surface area contributed by atoms with Crippen molar-refractivity contribution in [1.82, 2.24) is 0 Å². The van der Waals surface area contributed by atoms with Gasteiger partial charge in [-0.3, -0.25) is 0 Å². The van der Waals surface area contributed by atoms with E-state index in [4.69, 9.17) is 0 Å². The molecule has 0 atom stereocenters. The maximum absolute atomic E-state index is 2.86. The van der Waals surface area contributed by atoms with Crippen molar-refractivity contribution in [3.05, 3.63) is 299 Å². The van der Waals surface area contributed by atoms with Gasteiger partial charge in [0.2, 0.25) is 0 Å². The molecule has 0 saturated carbocycles. The second-order valence-electron chi connectivity index (χ2n) is 29.8. The third kappa shape index (κ3) is 7.81. The van der Waals surface area contributed by atoms with Gasteiger partial charge in [-0.15, -0.1) is 0 Å². The molecule has 0 aromatic heterocycles. The highest BCUT2D eigenvalue weighted by molar-refractivity contribution is 7.06. The summed E-state index contributed by atoms with van der Waals surface area (Å²) in [7, 11) is -4.99. The predicted molar refractivity (Wildman–Crippen MR) is 408 cm³/mol. The van der Waals surface area contributed by atoms with E-state index in [0.29, 0.717) is 0 Å². The van der Waals surface area contributed by atoms with Gasteiger partial charge in [-0.2, -0.15) is 0 Å². The van der Waals surface area contributed by atoms with Crippen molar-refractivity contribution >= 4 is 129 Å². The van der Waals surface area contributed by atoms with Crippen LogP contribution in [0, 0.1) is 20.8 Å². The Morgan fingerprint density at radius 3 is 1.27 bits per heavy atom. The Balaban J connectivity index is 0.855. The molecule has 6 aliphatic heterocycles. The summed E-state index contributed by atoms with van der Waals surface area (Å²) in [5.74, 6) is 0. The monoisotopic (exact) mass is 1240 g/mol. The average Bonchev–Trinajstić information content (AvgIpc) is 0.693. The quantitative estimate of drug-likeness (QED) is 0.154. The second-order valence-corrected chi connectivity index (χ2v) is 38.4. The molecule has 12 aromatic carbocycles. The Morgan fingerprint density at radius 1 is 0.319 bits per heavy atom. The predicted octanol–water partition coefficient (Wildman–Crippen LogP) is 16.5. The van der Waals surface area contributed by atoms with E-state index < -0.39 is 16.1 Å². The van der Waals surface area contributed by atoms with E-state index in [9.17, 15) is 0 Å². The molecule has 0 amide bonds. The van der Waals surface area contributed by atoms with E-state index >= 15 is 0 Å². The Kier molecular flexibility index (Phi) is 12.3. The van der Waals surface area contributed by atoms with Gasteiger partial charge >= 0.3 is 13.7 Å². The number of fused-ring (bicyclic) bond motifs is 12. The van der Waals surface area contributed by atoms with Crippen LogP contribution in [0.15, 0.2) is 249 Å². The molecule has 8 heteroatoms. The number of hydrogen-bond acceptors (Lipinski definition) is 4. The number of para-hydroxylation sites is 7. The Morgan fingerprint density at radius 2 is 0.713 bits per heavy atom. The van der Waals surface area contributed by atoms with Crippen LogP contribution in [-0.2, 0) is 17.3 Å². The summed E-state index contributed by atoms with van der Waals surface area (Å²) in [4.78, 5) is 10.9. The van der Waals surface area contributed by atoms with E-state index in [1.807, 2.05) is 0 Å². The van der Waals surface area contributed by atoms with Crippen LogP contribution in [0.3, 0.4) is 0 Å². The lowest BCUT2D eigenvalue weighted by Gasteiger charge is -2.51. The van der Waals surface area contributed by atoms with Crippen LogP contribution in [0.25, 0.3) is 22.3 Å². The van der Waals surface area contributed by atoms with Gasteiger partial charge in [-0.25, -0.2) is 0 Å². The third-order valence-corrected chi connectivity index (χ3v) is 29.8. The van der Waals surface area contributed by atoms with Crippen LogP contribution in [0.2, 0.25) is 26.2 Å². The topological polar surface area (TPSA) is 13.0 Å². The van der Waals surface area contributed by atoms with Gasteiger partial charge in [0, 0.05) is 67.5 Å². The highest BCUT2D eigenvalue weighted by Crippen LogP contribution is 2.56. The number of rotatable bonds is 6. The molecule has 0 saturated heterocycles. The van der Waals surface area contributed by atoms with Gasteiger partial charge in [0.05, 0.1) is 11.4 Å². The summed E-state index contributed by atoms with van der Waals surface area (Å²) in [6.07, 6.45) is 0.802. The van der Waals surface area contributed by atoms with E-state index in [2.05, 4.69) is 343 Å². The maximum atomic E-state index is 2.86. The van der Waals surface area contributed by atoms with E-state index in [0.717, 1.165) is 6.42 Å². The Bertz CT molecular complexity index is 5230. The maximum Gasteiger partial charge on any atom is 0.332 e. The Labute approximate surface area is 558 Å². The zero-order valence-corrected chi connectivity index (χ0v) is 57.8. The minimum Gasteiger partial charge on any atom is -0.377 e. The molecular weight excluding hydrogens is 1170 g/mol. The van der Waals surface area contributed by atoms with Crippen LogP contribution < -0.4 is 62.0 Å². The molecule has 454 valence electrons. The van der Waals surface area contributed by atoms with Crippen LogP contribution >= 0.6 is 0 Å². The molecule has 18 rings (SSSR count). The fraction of sp³-hybridized carbons (Fsp3) is 0.163. The van der Waals surface area contributed by atoms with Gasteiger partial charge in [0.15, 0.2) is 0 Å². The van der Waals surface area contributed by atoms with E-state index in [1.165, 1.54) is 172 Å². The number of nitrogens with zero attached hydrogens (tertiary/aromatic N) is 4. The number of aryl methyl sites for hydroxylation is 3. The lowest BCUT2D eigenvalue weighted by molar-refractivity contribution is 0.632. The van der Waals surface area contributed by atoms with Crippen molar-refractivity contribution in [2.45, 2.75) is 91.9 Å². The molecule has 0 fully saturated rings. The van der Waals surface area contributed by atoms with Gasteiger partial charge in [0.1, 0.15) is 16.1 Å². The fourth-order valence-corrected chi connectivity index (χ4v) is 24.8. The summed E-state index contributed by atoms with van der Waals surface area (Å²) in [6, 6.07) is 96.7. The molecule has 94 heavy (non-hydrogen) atoms. The standard InChI is InChI=1S/C86H76B2N4Si2/c1-54-47-55(2)79-76(48-54)94(10,11)77-52-57(49-56(3)80(77)91(79)87-67-38-20-24-44-73(67)89-71-42-22-18-34-63(71)85(4,5)65-36-27-40-69(87)83(65)89)50-58-51-62(60-31-16-13-17-32-60)82-78(53-58)93(8,9)75-46-26-33-61(59-29-14-12-15-30-59)81(75)92(82)88-68-39-21-25-45-74(68)90-72-43-23-19-35-64(72)86(6,7)66-37-28-41-70(88)84(66)90/h12-49,51-53H,50H2,1-11H3. The fourth-order valence-electron chi connectivity index (χ4n) is 18.5.